The Labute approximate surface area is 96.1 Å². The molecular weight excluding hydrogens is 262 g/mol. The fourth-order valence-corrected chi connectivity index (χ4v) is 1.68. The van der Waals surface area contributed by atoms with Gasteiger partial charge in [0.05, 0.1) is 23.9 Å². The molecule has 0 aromatic carbocycles. The minimum Gasteiger partial charge on any atom is -0.473 e. The fraction of sp³-hybridized carbons (Fsp3) is 0.556. The third kappa shape index (κ3) is 2.79. The number of hydrogen-bond acceptors (Lipinski definition) is 5. The minimum absolute atomic E-state index is 0.157. The molecular formula is C9H12BrN3O2. The first-order valence-corrected chi connectivity index (χ1v) is 5.57. The molecule has 5 nitrogen and oxygen atoms in total. The van der Waals surface area contributed by atoms with E-state index in [9.17, 15) is 0 Å². The average molecular weight is 274 g/mol. The zero-order valence-corrected chi connectivity index (χ0v) is 9.74. The van der Waals surface area contributed by atoms with E-state index in [1.807, 2.05) is 0 Å². The topological polar surface area (TPSA) is 70.3 Å². The van der Waals surface area contributed by atoms with Crippen LogP contribution in [0.25, 0.3) is 0 Å². The molecule has 1 aromatic heterocycles. The second-order valence-electron chi connectivity index (χ2n) is 3.31. The summed E-state index contributed by atoms with van der Waals surface area (Å²) in [5, 5.41) is 0. The Balaban J connectivity index is 2.05. The maximum atomic E-state index is 5.71. The number of nitrogens with zero attached hydrogens (tertiary/aromatic N) is 2. The van der Waals surface area contributed by atoms with Crippen molar-refractivity contribution < 1.29 is 9.47 Å². The van der Waals surface area contributed by atoms with Gasteiger partial charge in [0.2, 0.25) is 11.8 Å². The monoisotopic (exact) mass is 273 g/mol. The number of ether oxygens (including phenoxy) is 2. The molecule has 2 rings (SSSR count). The van der Waals surface area contributed by atoms with Crippen molar-refractivity contribution in [3.8, 4) is 5.88 Å². The summed E-state index contributed by atoms with van der Waals surface area (Å²) >= 11 is 3.32. The second-order valence-corrected chi connectivity index (χ2v) is 4.17. The highest BCUT2D eigenvalue weighted by Crippen LogP contribution is 2.24. The largest absolute Gasteiger partial charge is 0.473 e. The summed E-state index contributed by atoms with van der Waals surface area (Å²) in [7, 11) is 0. The third-order valence-electron chi connectivity index (χ3n) is 2.18. The number of rotatable bonds is 2. The van der Waals surface area contributed by atoms with Crippen molar-refractivity contribution in [3.63, 3.8) is 0 Å². The lowest BCUT2D eigenvalue weighted by atomic mass is 10.2. The zero-order chi connectivity index (χ0) is 10.7. The van der Waals surface area contributed by atoms with E-state index in [1.165, 1.54) is 0 Å². The normalized spacial score (nSPS) is 17.7. The van der Waals surface area contributed by atoms with Gasteiger partial charge in [0.25, 0.3) is 0 Å². The van der Waals surface area contributed by atoms with Crippen LogP contribution in [0.2, 0.25) is 0 Å². The molecule has 1 fully saturated rings. The Bertz CT molecular complexity index is 342. The number of nitrogen functional groups attached to an aromatic ring is 1. The first-order chi connectivity index (χ1) is 7.25. The molecule has 0 spiro atoms. The van der Waals surface area contributed by atoms with Crippen molar-refractivity contribution in [1.82, 2.24) is 9.97 Å². The molecule has 82 valence electrons. The van der Waals surface area contributed by atoms with Gasteiger partial charge in [-0.2, -0.15) is 4.98 Å². The van der Waals surface area contributed by atoms with E-state index < -0.39 is 0 Å². The van der Waals surface area contributed by atoms with E-state index in [0.29, 0.717) is 5.88 Å². The molecule has 0 saturated carbocycles. The Kier molecular flexibility index (Phi) is 3.37. The van der Waals surface area contributed by atoms with Gasteiger partial charge in [-0.15, -0.1) is 0 Å². The van der Waals surface area contributed by atoms with E-state index in [4.69, 9.17) is 15.2 Å². The van der Waals surface area contributed by atoms with Gasteiger partial charge in [-0.1, -0.05) is 0 Å². The predicted octanol–water partition coefficient (Wildman–Crippen LogP) is 1.38. The Morgan fingerprint density at radius 3 is 2.93 bits per heavy atom. The molecule has 1 saturated heterocycles. The van der Waals surface area contributed by atoms with Crippen molar-refractivity contribution in [1.29, 1.82) is 0 Å². The third-order valence-corrected chi connectivity index (χ3v) is 2.72. The quantitative estimate of drug-likeness (QED) is 0.882. The number of halogens is 1. The lowest BCUT2D eigenvalue weighted by Crippen LogP contribution is -2.26. The summed E-state index contributed by atoms with van der Waals surface area (Å²) in [6.07, 6.45) is 3.52. The molecule has 1 aliphatic rings. The SMILES string of the molecule is Nc1ncc(Br)c(OC2CCOCC2)n1. The first kappa shape index (κ1) is 10.6. The summed E-state index contributed by atoms with van der Waals surface area (Å²) in [6.45, 7) is 1.48. The number of anilines is 1. The Hall–Kier alpha value is -0.880. The fourth-order valence-electron chi connectivity index (χ4n) is 1.40. The van der Waals surface area contributed by atoms with Gasteiger partial charge in [-0.25, -0.2) is 4.98 Å². The number of nitrogens with two attached hydrogens (primary N) is 1. The lowest BCUT2D eigenvalue weighted by molar-refractivity contribution is 0.0234. The molecule has 6 heteroatoms. The van der Waals surface area contributed by atoms with Crippen LogP contribution in [0.3, 0.4) is 0 Å². The molecule has 15 heavy (non-hydrogen) atoms. The maximum absolute atomic E-state index is 5.71. The molecule has 0 atom stereocenters. The van der Waals surface area contributed by atoms with Crippen molar-refractivity contribution >= 4 is 21.9 Å². The van der Waals surface area contributed by atoms with E-state index in [1.54, 1.807) is 6.20 Å². The molecule has 2 heterocycles. The van der Waals surface area contributed by atoms with Crippen molar-refractivity contribution in [2.75, 3.05) is 18.9 Å². The van der Waals surface area contributed by atoms with Crippen molar-refractivity contribution in [2.24, 2.45) is 0 Å². The summed E-state index contributed by atoms with van der Waals surface area (Å²) in [6, 6.07) is 0. The van der Waals surface area contributed by atoms with Crippen LogP contribution in [0.15, 0.2) is 10.7 Å². The van der Waals surface area contributed by atoms with Crippen molar-refractivity contribution in [2.45, 2.75) is 18.9 Å². The predicted molar refractivity (Wildman–Crippen MR) is 58.6 cm³/mol. The summed E-state index contributed by atoms with van der Waals surface area (Å²) < 4.78 is 11.7. The lowest BCUT2D eigenvalue weighted by Gasteiger charge is -2.23. The van der Waals surface area contributed by atoms with Crippen LogP contribution in [0.5, 0.6) is 5.88 Å². The van der Waals surface area contributed by atoms with Gasteiger partial charge >= 0.3 is 0 Å². The summed E-state index contributed by atoms with van der Waals surface area (Å²) in [5.41, 5.74) is 5.48. The van der Waals surface area contributed by atoms with Crippen LogP contribution in [0.1, 0.15) is 12.8 Å². The van der Waals surface area contributed by atoms with Crippen LogP contribution in [0.4, 0.5) is 5.95 Å². The second kappa shape index (κ2) is 4.76. The van der Waals surface area contributed by atoms with Crippen LogP contribution in [0, 0.1) is 0 Å². The van der Waals surface area contributed by atoms with E-state index in [-0.39, 0.29) is 12.1 Å². The molecule has 0 bridgehead atoms. The van der Waals surface area contributed by atoms with Gasteiger partial charge < -0.3 is 15.2 Å². The summed E-state index contributed by atoms with van der Waals surface area (Å²) in [5.74, 6) is 0.731. The molecule has 0 amide bonds. The highest BCUT2D eigenvalue weighted by atomic mass is 79.9. The molecule has 2 N–H and O–H groups in total. The van der Waals surface area contributed by atoms with Gasteiger partial charge in [-0.3, -0.25) is 0 Å². The van der Waals surface area contributed by atoms with E-state index in [0.717, 1.165) is 30.5 Å². The Morgan fingerprint density at radius 2 is 2.20 bits per heavy atom. The molecule has 0 aliphatic carbocycles. The van der Waals surface area contributed by atoms with E-state index >= 15 is 0 Å². The van der Waals surface area contributed by atoms with Crippen LogP contribution in [-0.4, -0.2) is 29.3 Å². The van der Waals surface area contributed by atoms with Crippen LogP contribution >= 0.6 is 15.9 Å². The van der Waals surface area contributed by atoms with Gasteiger partial charge in [0.1, 0.15) is 6.10 Å². The first-order valence-electron chi connectivity index (χ1n) is 4.78. The maximum Gasteiger partial charge on any atom is 0.233 e. The molecule has 1 aliphatic heterocycles. The van der Waals surface area contributed by atoms with E-state index in [2.05, 4.69) is 25.9 Å². The van der Waals surface area contributed by atoms with Gasteiger partial charge in [-0.05, 0) is 15.9 Å². The molecule has 0 unspecified atom stereocenters. The standard InChI is InChI=1S/C9H12BrN3O2/c10-7-5-12-9(11)13-8(7)15-6-1-3-14-4-2-6/h5-6H,1-4H2,(H2,11,12,13). The van der Waals surface area contributed by atoms with Gasteiger partial charge in [0, 0.05) is 12.8 Å². The highest BCUT2D eigenvalue weighted by Gasteiger charge is 2.17. The highest BCUT2D eigenvalue weighted by molar-refractivity contribution is 9.10. The Morgan fingerprint density at radius 1 is 1.47 bits per heavy atom. The number of hydrogen-bond donors (Lipinski definition) is 1. The van der Waals surface area contributed by atoms with Crippen LogP contribution < -0.4 is 10.5 Å². The van der Waals surface area contributed by atoms with Gasteiger partial charge in [0.15, 0.2) is 0 Å². The number of aromatic nitrogens is 2. The molecule has 1 aromatic rings. The average Bonchev–Trinajstić information content (AvgIpc) is 2.25. The molecule has 0 radical (unpaired) electrons. The minimum atomic E-state index is 0.157. The smallest absolute Gasteiger partial charge is 0.233 e. The summed E-state index contributed by atoms with van der Waals surface area (Å²) in [4.78, 5) is 7.87. The van der Waals surface area contributed by atoms with Crippen molar-refractivity contribution in [3.05, 3.63) is 10.7 Å². The zero-order valence-electron chi connectivity index (χ0n) is 8.15. The van der Waals surface area contributed by atoms with Crippen LogP contribution in [-0.2, 0) is 4.74 Å².